The molecule has 1 aliphatic heterocycles. The van der Waals surface area contributed by atoms with Crippen LogP contribution in [0.15, 0.2) is 28.6 Å². The summed E-state index contributed by atoms with van der Waals surface area (Å²) in [6.45, 7) is 1.41. The zero-order valence-electron chi connectivity index (χ0n) is 7.06. The lowest BCUT2D eigenvalue weighted by atomic mass is 10.3. The number of nitrogens with two attached hydrogens (primary N) is 1. The molecule has 68 valence electrons. The maximum atomic E-state index is 5.83. The monoisotopic (exact) mass is 194 g/mol. The van der Waals surface area contributed by atoms with E-state index < -0.39 is 0 Å². The molecule has 13 heavy (non-hydrogen) atoms. The molecule has 0 unspecified atom stereocenters. The van der Waals surface area contributed by atoms with Crippen molar-refractivity contribution in [1.29, 1.82) is 0 Å². The average molecular weight is 194 g/mol. The van der Waals surface area contributed by atoms with Crippen LogP contribution >= 0.6 is 11.3 Å². The summed E-state index contributed by atoms with van der Waals surface area (Å²) in [5.41, 5.74) is 6.55. The van der Waals surface area contributed by atoms with Crippen molar-refractivity contribution in [3.05, 3.63) is 28.5 Å². The lowest BCUT2D eigenvalue weighted by Crippen LogP contribution is -2.00. The fourth-order valence-electron chi connectivity index (χ4n) is 1.09. The van der Waals surface area contributed by atoms with Gasteiger partial charge in [-0.25, -0.2) is 4.99 Å². The fourth-order valence-corrected chi connectivity index (χ4v) is 1.74. The number of aliphatic imine (C=N–C) groups is 1. The molecule has 0 atom stereocenters. The Morgan fingerprint density at radius 2 is 2.62 bits per heavy atom. The maximum absolute atomic E-state index is 5.83. The number of ether oxygens (including phenoxy) is 1. The van der Waals surface area contributed by atoms with E-state index in [1.807, 2.05) is 17.5 Å². The van der Waals surface area contributed by atoms with Crippen molar-refractivity contribution >= 4 is 22.9 Å². The highest BCUT2D eigenvalue weighted by Crippen LogP contribution is 2.15. The number of hydrogen-bond acceptors (Lipinski definition) is 4. The van der Waals surface area contributed by atoms with Gasteiger partial charge in [0.15, 0.2) is 0 Å². The summed E-state index contributed by atoms with van der Waals surface area (Å²) < 4.78 is 5.22. The van der Waals surface area contributed by atoms with Gasteiger partial charge in [-0.2, -0.15) is 0 Å². The number of rotatable bonds is 2. The molecule has 2 heterocycles. The summed E-state index contributed by atoms with van der Waals surface area (Å²) in [6.07, 6.45) is 1.78. The number of hydrogen-bond donors (Lipinski definition) is 1. The maximum Gasteiger partial charge on any atom is 0.210 e. The Morgan fingerprint density at radius 1 is 1.69 bits per heavy atom. The summed E-state index contributed by atoms with van der Waals surface area (Å²) in [7, 11) is 0. The van der Waals surface area contributed by atoms with E-state index in [-0.39, 0.29) is 0 Å². The second kappa shape index (κ2) is 3.62. The van der Waals surface area contributed by atoms with Crippen molar-refractivity contribution in [3.8, 4) is 0 Å². The molecule has 0 fully saturated rings. The van der Waals surface area contributed by atoms with Crippen molar-refractivity contribution in [1.82, 2.24) is 0 Å². The molecule has 0 radical (unpaired) electrons. The van der Waals surface area contributed by atoms with E-state index in [1.54, 1.807) is 17.4 Å². The minimum Gasteiger partial charge on any atom is -0.476 e. The lowest BCUT2D eigenvalue weighted by molar-refractivity contribution is 0.350. The van der Waals surface area contributed by atoms with E-state index >= 15 is 0 Å². The molecule has 0 aromatic carbocycles. The molecule has 1 aromatic heterocycles. The van der Waals surface area contributed by atoms with Gasteiger partial charge >= 0.3 is 0 Å². The van der Waals surface area contributed by atoms with E-state index in [1.165, 1.54) is 0 Å². The first-order chi connectivity index (χ1) is 6.36. The van der Waals surface area contributed by atoms with Gasteiger partial charge in [0.05, 0.1) is 17.1 Å². The summed E-state index contributed by atoms with van der Waals surface area (Å²) in [5.74, 6) is 0.644. The molecule has 0 saturated carbocycles. The SMILES string of the molecule is N/C(=C\C1=NCCO1)c1cccs1. The Balaban J connectivity index is 2.16. The predicted octanol–water partition coefficient (Wildman–Crippen LogP) is 1.48. The van der Waals surface area contributed by atoms with Crippen LogP contribution in [0.4, 0.5) is 0 Å². The first-order valence-corrected chi connectivity index (χ1v) is 4.92. The quantitative estimate of drug-likeness (QED) is 0.775. The molecule has 2 rings (SSSR count). The molecular formula is C9H10N2OS. The second-order valence-electron chi connectivity index (χ2n) is 2.65. The van der Waals surface area contributed by atoms with Crippen molar-refractivity contribution in [2.75, 3.05) is 13.2 Å². The van der Waals surface area contributed by atoms with Crippen LogP contribution in [-0.4, -0.2) is 19.0 Å². The van der Waals surface area contributed by atoms with Crippen LogP contribution in [0.3, 0.4) is 0 Å². The van der Waals surface area contributed by atoms with Crippen molar-refractivity contribution in [2.45, 2.75) is 0 Å². The molecule has 4 heteroatoms. The zero-order chi connectivity index (χ0) is 9.10. The highest BCUT2D eigenvalue weighted by atomic mass is 32.1. The molecule has 1 aliphatic rings. The van der Waals surface area contributed by atoms with E-state index in [4.69, 9.17) is 10.5 Å². The van der Waals surface area contributed by atoms with E-state index in [0.717, 1.165) is 17.1 Å². The van der Waals surface area contributed by atoms with Gasteiger partial charge in [-0.1, -0.05) is 6.07 Å². The highest BCUT2D eigenvalue weighted by Gasteiger charge is 2.05. The summed E-state index contributed by atoms with van der Waals surface area (Å²) in [6, 6.07) is 3.95. The summed E-state index contributed by atoms with van der Waals surface area (Å²) in [5, 5.41) is 1.99. The third kappa shape index (κ3) is 1.89. The van der Waals surface area contributed by atoms with E-state index in [0.29, 0.717) is 12.5 Å². The Kier molecular flexibility index (Phi) is 2.31. The number of nitrogens with zero attached hydrogens (tertiary/aromatic N) is 1. The molecule has 0 bridgehead atoms. The molecule has 0 saturated heterocycles. The lowest BCUT2D eigenvalue weighted by Gasteiger charge is -1.97. The van der Waals surface area contributed by atoms with Gasteiger partial charge < -0.3 is 10.5 Å². The first-order valence-electron chi connectivity index (χ1n) is 4.04. The Morgan fingerprint density at radius 3 is 3.23 bits per heavy atom. The van der Waals surface area contributed by atoms with Crippen LogP contribution in [0.25, 0.3) is 5.70 Å². The van der Waals surface area contributed by atoms with Gasteiger partial charge in [0.1, 0.15) is 6.61 Å². The van der Waals surface area contributed by atoms with Gasteiger partial charge in [-0.15, -0.1) is 11.3 Å². The van der Waals surface area contributed by atoms with Crippen molar-refractivity contribution in [2.24, 2.45) is 10.7 Å². The minimum absolute atomic E-state index is 0.644. The molecule has 3 nitrogen and oxygen atoms in total. The predicted molar refractivity (Wildman–Crippen MR) is 54.7 cm³/mol. The van der Waals surface area contributed by atoms with Crippen LogP contribution in [-0.2, 0) is 4.74 Å². The normalized spacial score (nSPS) is 16.9. The van der Waals surface area contributed by atoms with Crippen LogP contribution in [0.2, 0.25) is 0 Å². The first kappa shape index (κ1) is 8.31. The van der Waals surface area contributed by atoms with E-state index in [2.05, 4.69) is 4.99 Å². The third-order valence-electron chi connectivity index (χ3n) is 1.69. The van der Waals surface area contributed by atoms with Crippen LogP contribution in [0.1, 0.15) is 4.88 Å². The standard InChI is InChI=1S/C9H10N2OS/c10-7(8-2-1-5-13-8)6-9-11-3-4-12-9/h1-2,5-6H,3-4,10H2/b7-6-. The molecule has 2 N–H and O–H groups in total. The topological polar surface area (TPSA) is 47.6 Å². The summed E-state index contributed by atoms with van der Waals surface area (Å²) >= 11 is 1.61. The zero-order valence-corrected chi connectivity index (χ0v) is 7.88. The highest BCUT2D eigenvalue weighted by molar-refractivity contribution is 7.11. The average Bonchev–Trinajstić information content (AvgIpc) is 2.74. The Hall–Kier alpha value is -1.29. The van der Waals surface area contributed by atoms with Gasteiger partial charge in [-0.05, 0) is 11.4 Å². The van der Waals surface area contributed by atoms with E-state index in [9.17, 15) is 0 Å². The van der Waals surface area contributed by atoms with Gasteiger partial charge in [0.2, 0.25) is 5.90 Å². The smallest absolute Gasteiger partial charge is 0.210 e. The molecule has 0 amide bonds. The number of thiophene rings is 1. The minimum atomic E-state index is 0.644. The fraction of sp³-hybridized carbons (Fsp3) is 0.222. The van der Waals surface area contributed by atoms with Gasteiger partial charge in [-0.3, -0.25) is 0 Å². The van der Waals surface area contributed by atoms with Crippen LogP contribution in [0.5, 0.6) is 0 Å². The van der Waals surface area contributed by atoms with Crippen molar-refractivity contribution < 1.29 is 4.74 Å². The largest absolute Gasteiger partial charge is 0.476 e. The summed E-state index contributed by atoms with van der Waals surface area (Å²) in [4.78, 5) is 5.18. The van der Waals surface area contributed by atoms with Crippen molar-refractivity contribution in [3.63, 3.8) is 0 Å². The molecule has 0 aliphatic carbocycles. The van der Waals surface area contributed by atoms with Gasteiger partial charge in [0, 0.05) is 6.08 Å². The Labute approximate surface area is 80.5 Å². The van der Waals surface area contributed by atoms with Crippen LogP contribution in [0, 0.1) is 0 Å². The van der Waals surface area contributed by atoms with Gasteiger partial charge in [0.25, 0.3) is 0 Å². The Bertz CT molecular complexity index is 341. The second-order valence-corrected chi connectivity index (χ2v) is 3.59. The molecular weight excluding hydrogens is 184 g/mol. The van der Waals surface area contributed by atoms with Crippen LogP contribution < -0.4 is 5.73 Å². The third-order valence-corrected chi connectivity index (χ3v) is 2.61. The molecule has 1 aromatic rings. The molecule has 0 spiro atoms.